The summed E-state index contributed by atoms with van der Waals surface area (Å²) in [6.45, 7) is 8.82. The molecule has 1 fully saturated rings. The van der Waals surface area contributed by atoms with Crippen LogP contribution in [0.5, 0.6) is 0 Å². The number of hydrogen-bond acceptors (Lipinski definition) is 3. The third-order valence-corrected chi connectivity index (χ3v) is 3.36. The third-order valence-electron chi connectivity index (χ3n) is 3.36. The van der Waals surface area contributed by atoms with Crippen molar-refractivity contribution in [3.8, 4) is 0 Å². The van der Waals surface area contributed by atoms with Crippen molar-refractivity contribution >= 4 is 0 Å². The Morgan fingerprint density at radius 1 is 1.33 bits per heavy atom. The Morgan fingerprint density at radius 2 is 2.07 bits per heavy atom. The Balaban J connectivity index is 2.30. The van der Waals surface area contributed by atoms with Crippen molar-refractivity contribution in [2.24, 2.45) is 5.41 Å². The van der Waals surface area contributed by atoms with Gasteiger partial charge in [0.05, 0.1) is 19.3 Å². The summed E-state index contributed by atoms with van der Waals surface area (Å²) in [7, 11) is 2.02. The Labute approximate surface area is 93.5 Å². The summed E-state index contributed by atoms with van der Waals surface area (Å²) in [6, 6.07) is 0.471. The monoisotopic (exact) mass is 215 g/mol. The van der Waals surface area contributed by atoms with Crippen LogP contribution in [0.2, 0.25) is 0 Å². The zero-order valence-corrected chi connectivity index (χ0v) is 10.5. The van der Waals surface area contributed by atoms with Crippen LogP contribution in [0.3, 0.4) is 0 Å². The fourth-order valence-corrected chi connectivity index (χ4v) is 2.50. The fraction of sp³-hybridized carbons (Fsp3) is 1.00. The molecule has 0 amide bonds. The smallest absolute Gasteiger partial charge is 0.0734 e. The van der Waals surface area contributed by atoms with Gasteiger partial charge >= 0.3 is 0 Å². The van der Waals surface area contributed by atoms with Crippen LogP contribution < -0.4 is 5.32 Å². The summed E-state index contributed by atoms with van der Waals surface area (Å²) in [5.41, 5.74) is 0.352. The molecule has 0 bridgehead atoms. The van der Waals surface area contributed by atoms with Crippen molar-refractivity contribution in [1.82, 2.24) is 5.32 Å². The lowest BCUT2D eigenvalue weighted by Crippen LogP contribution is -2.43. The van der Waals surface area contributed by atoms with Crippen LogP contribution in [0.15, 0.2) is 0 Å². The van der Waals surface area contributed by atoms with Gasteiger partial charge in [0.25, 0.3) is 0 Å². The van der Waals surface area contributed by atoms with Gasteiger partial charge in [-0.3, -0.25) is 0 Å². The Bertz CT molecular complexity index is 182. The molecule has 0 aliphatic heterocycles. The van der Waals surface area contributed by atoms with E-state index in [1.807, 2.05) is 14.0 Å². The normalized spacial score (nSPS) is 29.6. The van der Waals surface area contributed by atoms with E-state index in [9.17, 15) is 0 Å². The SMILES string of the molecule is CCOCCOC1CCC(C)(C)C1NC. The van der Waals surface area contributed by atoms with E-state index in [0.29, 0.717) is 30.8 Å². The van der Waals surface area contributed by atoms with Gasteiger partial charge in [0, 0.05) is 12.6 Å². The predicted molar refractivity (Wildman–Crippen MR) is 62.1 cm³/mol. The van der Waals surface area contributed by atoms with Gasteiger partial charge in [0.15, 0.2) is 0 Å². The average molecular weight is 215 g/mol. The van der Waals surface area contributed by atoms with E-state index >= 15 is 0 Å². The Morgan fingerprint density at radius 3 is 2.67 bits per heavy atom. The Kier molecular flexibility index (Phi) is 5.03. The van der Waals surface area contributed by atoms with E-state index in [1.54, 1.807) is 0 Å². The van der Waals surface area contributed by atoms with Gasteiger partial charge in [0.2, 0.25) is 0 Å². The topological polar surface area (TPSA) is 30.5 Å². The number of rotatable bonds is 6. The molecule has 0 aromatic rings. The van der Waals surface area contributed by atoms with Crippen molar-refractivity contribution in [1.29, 1.82) is 0 Å². The van der Waals surface area contributed by atoms with Gasteiger partial charge in [0.1, 0.15) is 0 Å². The van der Waals surface area contributed by atoms with E-state index in [4.69, 9.17) is 9.47 Å². The van der Waals surface area contributed by atoms with Gasteiger partial charge in [-0.2, -0.15) is 0 Å². The summed E-state index contributed by atoms with van der Waals surface area (Å²) in [5.74, 6) is 0. The molecule has 1 aliphatic rings. The van der Waals surface area contributed by atoms with Crippen LogP contribution >= 0.6 is 0 Å². The molecule has 0 aromatic heterocycles. The van der Waals surface area contributed by atoms with Crippen LogP contribution in [0.25, 0.3) is 0 Å². The van der Waals surface area contributed by atoms with Crippen molar-refractivity contribution in [2.45, 2.75) is 45.8 Å². The lowest BCUT2D eigenvalue weighted by atomic mass is 9.87. The first kappa shape index (κ1) is 12.9. The van der Waals surface area contributed by atoms with E-state index in [0.717, 1.165) is 13.0 Å². The lowest BCUT2D eigenvalue weighted by Gasteiger charge is -2.30. The van der Waals surface area contributed by atoms with E-state index in [2.05, 4.69) is 19.2 Å². The molecule has 0 radical (unpaired) electrons. The minimum atomic E-state index is 0.352. The highest BCUT2D eigenvalue weighted by Crippen LogP contribution is 2.38. The third kappa shape index (κ3) is 3.44. The molecule has 1 aliphatic carbocycles. The number of ether oxygens (including phenoxy) is 2. The molecule has 3 heteroatoms. The average Bonchev–Trinajstić information content (AvgIpc) is 2.48. The van der Waals surface area contributed by atoms with E-state index in [1.165, 1.54) is 6.42 Å². The molecule has 0 aromatic carbocycles. The highest BCUT2D eigenvalue weighted by molar-refractivity contribution is 4.96. The summed E-state index contributed by atoms with van der Waals surface area (Å²) < 4.78 is 11.1. The number of hydrogen-bond donors (Lipinski definition) is 1. The van der Waals surface area contributed by atoms with Crippen LogP contribution in [0.4, 0.5) is 0 Å². The first-order valence-corrected chi connectivity index (χ1v) is 5.98. The fourth-order valence-electron chi connectivity index (χ4n) is 2.50. The maximum Gasteiger partial charge on any atom is 0.0734 e. The van der Waals surface area contributed by atoms with E-state index in [-0.39, 0.29) is 0 Å². The summed E-state index contributed by atoms with van der Waals surface area (Å²) in [4.78, 5) is 0. The minimum Gasteiger partial charge on any atom is -0.379 e. The van der Waals surface area contributed by atoms with Gasteiger partial charge in [-0.15, -0.1) is 0 Å². The maximum absolute atomic E-state index is 5.86. The highest BCUT2D eigenvalue weighted by Gasteiger charge is 2.41. The lowest BCUT2D eigenvalue weighted by molar-refractivity contribution is -0.00692. The standard InChI is InChI=1S/C12H25NO2/c1-5-14-8-9-15-10-6-7-12(2,3)11(10)13-4/h10-11,13H,5-9H2,1-4H3. The summed E-state index contributed by atoms with van der Waals surface area (Å²) in [5, 5.41) is 3.38. The van der Waals surface area contributed by atoms with Crippen LogP contribution in [0.1, 0.15) is 33.6 Å². The first-order valence-electron chi connectivity index (χ1n) is 5.98. The first-order chi connectivity index (χ1) is 7.11. The molecule has 1 N–H and O–H groups in total. The number of nitrogens with one attached hydrogen (secondary N) is 1. The molecular formula is C12H25NO2. The van der Waals surface area contributed by atoms with Gasteiger partial charge in [-0.25, -0.2) is 0 Å². The predicted octanol–water partition coefficient (Wildman–Crippen LogP) is 1.82. The molecule has 0 heterocycles. The van der Waals surface area contributed by atoms with Crippen molar-refractivity contribution in [2.75, 3.05) is 26.9 Å². The largest absolute Gasteiger partial charge is 0.379 e. The molecule has 90 valence electrons. The van der Waals surface area contributed by atoms with Crippen LogP contribution in [-0.4, -0.2) is 39.0 Å². The van der Waals surface area contributed by atoms with Gasteiger partial charge < -0.3 is 14.8 Å². The molecule has 2 unspecified atom stereocenters. The van der Waals surface area contributed by atoms with Crippen molar-refractivity contribution in [3.63, 3.8) is 0 Å². The highest BCUT2D eigenvalue weighted by atomic mass is 16.5. The van der Waals surface area contributed by atoms with E-state index < -0.39 is 0 Å². The number of likely N-dealkylation sites (N-methyl/N-ethyl adjacent to an activating group) is 1. The quantitative estimate of drug-likeness (QED) is 0.686. The molecule has 0 spiro atoms. The zero-order chi connectivity index (χ0) is 11.3. The molecule has 3 nitrogen and oxygen atoms in total. The van der Waals surface area contributed by atoms with Gasteiger partial charge in [-0.1, -0.05) is 13.8 Å². The Hall–Kier alpha value is -0.120. The molecule has 2 atom stereocenters. The second kappa shape index (κ2) is 5.83. The minimum absolute atomic E-state index is 0.352. The van der Waals surface area contributed by atoms with Crippen molar-refractivity contribution < 1.29 is 9.47 Å². The molecule has 1 saturated carbocycles. The molecule has 15 heavy (non-hydrogen) atoms. The van der Waals surface area contributed by atoms with Crippen LogP contribution in [0, 0.1) is 5.41 Å². The second-order valence-corrected chi connectivity index (χ2v) is 4.90. The zero-order valence-electron chi connectivity index (χ0n) is 10.5. The van der Waals surface area contributed by atoms with Crippen molar-refractivity contribution in [3.05, 3.63) is 0 Å². The summed E-state index contributed by atoms with van der Waals surface area (Å²) in [6.07, 6.45) is 2.74. The molecule has 0 saturated heterocycles. The molecular weight excluding hydrogens is 190 g/mol. The molecule has 1 rings (SSSR count). The maximum atomic E-state index is 5.86. The summed E-state index contributed by atoms with van der Waals surface area (Å²) >= 11 is 0. The van der Waals surface area contributed by atoms with Gasteiger partial charge in [-0.05, 0) is 32.2 Å². The second-order valence-electron chi connectivity index (χ2n) is 4.90. The van der Waals surface area contributed by atoms with Crippen LogP contribution in [-0.2, 0) is 9.47 Å².